The van der Waals surface area contributed by atoms with Crippen LogP contribution in [0.1, 0.15) is 13.8 Å². The predicted molar refractivity (Wildman–Crippen MR) is 69.6 cm³/mol. The van der Waals surface area contributed by atoms with Gasteiger partial charge >= 0.3 is 0 Å². The van der Waals surface area contributed by atoms with Gasteiger partial charge in [0.25, 0.3) is 5.91 Å². The molecule has 1 aromatic rings. The summed E-state index contributed by atoms with van der Waals surface area (Å²) in [6.07, 6.45) is 1.85. The van der Waals surface area contributed by atoms with Gasteiger partial charge in [-0.25, -0.2) is 4.39 Å². The zero-order chi connectivity index (χ0) is 12.7. The van der Waals surface area contributed by atoms with Crippen molar-refractivity contribution in [1.29, 1.82) is 0 Å². The van der Waals surface area contributed by atoms with Crippen molar-refractivity contribution < 1.29 is 9.18 Å². The van der Waals surface area contributed by atoms with Gasteiger partial charge in [0.1, 0.15) is 0 Å². The molecule has 0 aliphatic heterocycles. The molecule has 0 saturated carbocycles. The quantitative estimate of drug-likeness (QED) is 0.645. The van der Waals surface area contributed by atoms with E-state index >= 15 is 0 Å². The van der Waals surface area contributed by atoms with E-state index in [1.165, 1.54) is 0 Å². The molecule has 92 valence electrons. The fourth-order valence-electron chi connectivity index (χ4n) is 1.11. The van der Waals surface area contributed by atoms with Crippen LogP contribution in [0.25, 0.3) is 0 Å². The van der Waals surface area contributed by atoms with Gasteiger partial charge in [0.15, 0.2) is 0 Å². The Labute approximate surface area is 105 Å². The smallest absolute Gasteiger partial charge is 0.265 e. The van der Waals surface area contributed by atoms with Crippen LogP contribution in [0.4, 0.5) is 4.39 Å². The summed E-state index contributed by atoms with van der Waals surface area (Å²) < 4.78 is 13.5. The molecule has 1 atom stereocenters. The number of rotatable bonds is 5. The van der Waals surface area contributed by atoms with Crippen LogP contribution >= 0.6 is 11.8 Å². The molecule has 0 aliphatic rings. The minimum Gasteiger partial charge on any atom is -0.349 e. The first-order valence-electron chi connectivity index (χ1n) is 5.36. The van der Waals surface area contributed by atoms with Crippen LogP contribution in [0.3, 0.4) is 0 Å². The number of benzene rings is 1. The summed E-state index contributed by atoms with van der Waals surface area (Å²) in [4.78, 5) is 12.1. The Morgan fingerprint density at radius 1 is 1.41 bits per heavy atom. The van der Waals surface area contributed by atoms with Gasteiger partial charge in [-0.2, -0.15) is 0 Å². The number of nitrogens with one attached hydrogen (secondary N) is 1. The zero-order valence-corrected chi connectivity index (χ0v) is 10.8. The van der Waals surface area contributed by atoms with E-state index in [0.29, 0.717) is 6.54 Å². The summed E-state index contributed by atoms with van der Waals surface area (Å²) in [5.74, 6) is -0.587. The van der Waals surface area contributed by atoms with Crippen LogP contribution < -0.4 is 5.32 Å². The largest absolute Gasteiger partial charge is 0.349 e. The van der Waals surface area contributed by atoms with Gasteiger partial charge in [0, 0.05) is 11.4 Å². The van der Waals surface area contributed by atoms with E-state index in [1.807, 2.05) is 38.1 Å². The van der Waals surface area contributed by atoms with Crippen LogP contribution in [0.2, 0.25) is 0 Å². The van der Waals surface area contributed by atoms with Crippen molar-refractivity contribution in [2.45, 2.75) is 24.2 Å². The molecule has 1 amide bonds. The third-order valence-corrected chi connectivity index (χ3v) is 2.94. The van der Waals surface area contributed by atoms with Gasteiger partial charge in [-0.3, -0.25) is 4.79 Å². The summed E-state index contributed by atoms with van der Waals surface area (Å²) >= 11 is 0.911. The highest BCUT2D eigenvalue weighted by Crippen LogP contribution is 2.23. The van der Waals surface area contributed by atoms with Crippen LogP contribution in [-0.4, -0.2) is 18.0 Å². The molecule has 17 heavy (non-hydrogen) atoms. The van der Waals surface area contributed by atoms with E-state index < -0.39 is 11.4 Å². The second kappa shape index (κ2) is 7.12. The maximum absolute atomic E-state index is 13.5. The van der Waals surface area contributed by atoms with Gasteiger partial charge in [-0.1, -0.05) is 41.6 Å². The zero-order valence-electron chi connectivity index (χ0n) is 9.94. The van der Waals surface area contributed by atoms with E-state index in [-0.39, 0.29) is 0 Å². The molecule has 0 heterocycles. The van der Waals surface area contributed by atoms with E-state index in [4.69, 9.17) is 0 Å². The lowest BCUT2D eigenvalue weighted by Crippen LogP contribution is -2.30. The Morgan fingerprint density at radius 2 is 2.06 bits per heavy atom. The van der Waals surface area contributed by atoms with Gasteiger partial charge in [-0.15, -0.1) is 0 Å². The van der Waals surface area contributed by atoms with Crippen LogP contribution in [0.15, 0.2) is 46.9 Å². The number of halogens is 1. The molecular formula is C13H16FNOS. The van der Waals surface area contributed by atoms with Crippen molar-refractivity contribution in [2.24, 2.45) is 0 Å². The molecular weight excluding hydrogens is 237 g/mol. The Bertz CT molecular complexity index is 388. The molecule has 1 unspecified atom stereocenters. The summed E-state index contributed by atoms with van der Waals surface area (Å²) in [5.41, 5.74) is -0.473. The number of hydrogen-bond donors (Lipinski definition) is 1. The normalized spacial score (nSPS) is 11.7. The number of allylic oxidation sites excluding steroid dienone is 1. The molecule has 0 saturated heterocycles. The fraction of sp³-hybridized carbons (Fsp3) is 0.308. The highest BCUT2D eigenvalue weighted by atomic mass is 32.2. The Balaban J connectivity index is 2.40. The topological polar surface area (TPSA) is 29.1 Å². The second-order valence-corrected chi connectivity index (χ2v) is 4.89. The van der Waals surface area contributed by atoms with E-state index in [9.17, 15) is 9.18 Å². The number of hydrogen-bond acceptors (Lipinski definition) is 2. The molecule has 1 rings (SSSR count). The first kappa shape index (κ1) is 13.8. The Morgan fingerprint density at radius 3 is 2.65 bits per heavy atom. The number of carbonyl (C=O) groups is 1. The number of thioether (sulfide) groups is 1. The SMILES string of the molecule is CC(C)=CCNC(=O)C(F)Sc1ccccc1. The highest BCUT2D eigenvalue weighted by molar-refractivity contribution is 8.00. The minimum absolute atomic E-state index is 0.372. The van der Waals surface area contributed by atoms with Crippen molar-refractivity contribution in [3.8, 4) is 0 Å². The summed E-state index contributed by atoms with van der Waals surface area (Å²) in [5, 5.41) is 2.52. The van der Waals surface area contributed by atoms with Crippen LogP contribution in [-0.2, 0) is 4.79 Å². The molecule has 0 radical (unpaired) electrons. The predicted octanol–water partition coefficient (Wildman–Crippen LogP) is 3.16. The summed E-state index contributed by atoms with van der Waals surface area (Å²) in [7, 11) is 0. The maximum Gasteiger partial charge on any atom is 0.265 e. The third-order valence-electron chi connectivity index (χ3n) is 1.98. The maximum atomic E-state index is 13.5. The number of alkyl halides is 1. The summed E-state index contributed by atoms with van der Waals surface area (Å²) in [6.45, 7) is 4.23. The fourth-order valence-corrected chi connectivity index (χ4v) is 1.85. The lowest BCUT2D eigenvalue weighted by Gasteiger charge is -2.07. The standard InChI is InChI=1S/C13H16FNOS/c1-10(2)8-9-15-13(16)12(14)17-11-6-4-3-5-7-11/h3-8,12H,9H2,1-2H3,(H,15,16). The molecule has 0 fully saturated rings. The average molecular weight is 253 g/mol. The van der Waals surface area contributed by atoms with Crippen LogP contribution in [0, 0.1) is 0 Å². The van der Waals surface area contributed by atoms with Gasteiger partial charge in [0.05, 0.1) is 0 Å². The van der Waals surface area contributed by atoms with Crippen molar-refractivity contribution in [3.63, 3.8) is 0 Å². The average Bonchev–Trinajstić information content (AvgIpc) is 2.29. The Hall–Kier alpha value is -1.29. The van der Waals surface area contributed by atoms with E-state index in [0.717, 1.165) is 22.2 Å². The molecule has 0 aliphatic carbocycles. The van der Waals surface area contributed by atoms with E-state index in [1.54, 1.807) is 12.1 Å². The second-order valence-electron chi connectivity index (χ2n) is 3.77. The van der Waals surface area contributed by atoms with Crippen molar-refractivity contribution >= 4 is 17.7 Å². The molecule has 1 N–H and O–H groups in total. The lowest BCUT2D eigenvalue weighted by molar-refractivity contribution is -0.122. The molecule has 0 spiro atoms. The Kier molecular flexibility index (Phi) is 5.77. The summed E-state index contributed by atoms with van der Waals surface area (Å²) in [6, 6.07) is 9.04. The van der Waals surface area contributed by atoms with Crippen molar-refractivity contribution in [3.05, 3.63) is 42.0 Å². The minimum atomic E-state index is -1.57. The highest BCUT2D eigenvalue weighted by Gasteiger charge is 2.17. The monoisotopic (exact) mass is 253 g/mol. The molecule has 1 aromatic carbocycles. The van der Waals surface area contributed by atoms with Crippen LogP contribution in [0.5, 0.6) is 0 Å². The van der Waals surface area contributed by atoms with E-state index in [2.05, 4.69) is 5.32 Å². The molecule has 4 heteroatoms. The molecule has 2 nitrogen and oxygen atoms in total. The van der Waals surface area contributed by atoms with Gasteiger partial charge in [-0.05, 0) is 26.0 Å². The first-order chi connectivity index (χ1) is 8.09. The lowest BCUT2D eigenvalue weighted by atomic mass is 10.3. The third kappa shape index (κ3) is 5.54. The molecule has 0 aromatic heterocycles. The molecule has 0 bridgehead atoms. The van der Waals surface area contributed by atoms with Crippen molar-refractivity contribution in [2.75, 3.05) is 6.54 Å². The van der Waals surface area contributed by atoms with Gasteiger partial charge < -0.3 is 5.32 Å². The number of carbonyl (C=O) groups excluding carboxylic acids is 1. The number of amides is 1. The van der Waals surface area contributed by atoms with Gasteiger partial charge in [0.2, 0.25) is 5.50 Å². The first-order valence-corrected chi connectivity index (χ1v) is 6.24. The van der Waals surface area contributed by atoms with Crippen molar-refractivity contribution in [1.82, 2.24) is 5.32 Å².